The number of hydrogen-bond donors (Lipinski definition) is 2. The average molecular weight is 315 g/mol. The van der Waals surface area contributed by atoms with Crippen molar-refractivity contribution in [3.63, 3.8) is 0 Å². The summed E-state index contributed by atoms with van der Waals surface area (Å²) in [6, 6.07) is 11.1. The van der Waals surface area contributed by atoms with Gasteiger partial charge in [0, 0.05) is 31.1 Å². The first kappa shape index (κ1) is 16.3. The number of hydrogen-bond acceptors (Lipinski definition) is 2. The molecule has 1 saturated carbocycles. The van der Waals surface area contributed by atoms with E-state index < -0.39 is 0 Å². The zero-order chi connectivity index (χ0) is 16.3. The smallest absolute Gasteiger partial charge is 0.314 e. The first-order valence-electron chi connectivity index (χ1n) is 8.90. The van der Waals surface area contributed by atoms with Crippen molar-refractivity contribution in [3.05, 3.63) is 35.9 Å². The Balaban J connectivity index is 1.39. The Hall–Kier alpha value is -1.55. The van der Waals surface area contributed by atoms with Gasteiger partial charge in [-0.25, -0.2) is 4.79 Å². The van der Waals surface area contributed by atoms with E-state index in [4.69, 9.17) is 0 Å². The minimum atomic E-state index is -0.0183. The average Bonchev–Trinajstić information content (AvgIpc) is 3.20. The standard InChI is InChI=1S/C19H29N3O/c1-15(2)22-11-8-16(13-22)12-20-18(23)21-14-19(9-10-19)17-6-4-3-5-7-17/h3-7,15-16H,8-14H2,1-2H3,(H2,20,21,23)/t16-/m0/s1. The van der Waals surface area contributed by atoms with E-state index in [0.29, 0.717) is 12.0 Å². The minimum absolute atomic E-state index is 0.0183. The van der Waals surface area contributed by atoms with Gasteiger partial charge in [-0.05, 0) is 51.1 Å². The number of urea groups is 1. The first-order chi connectivity index (χ1) is 11.1. The molecular formula is C19H29N3O. The fourth-order valence-electron chi connectivity index (χ4n) is 3.56. The lowest BCUT2D eigenvalue weighted by molar-refractivity contribution is 0.236. The number of carbonyl (C=O) groups excluding carboxylic acids is 1. The molecule has 0 spiro atoms. The first-order valence-corrected chi connectivity index (χ1v) is 8.90. The maximum Gasteiger partial charge on any atom is 0.314 e. The van der Waals surface area contributed by atoms with Crippen LogP contribution in [0, 0.1) is 5.92 Å². The summed E-state index contributed by atoms with van der Waals surface area (Å²) >= 11 is 0. The van der Waals surface area contributed by atoms with Crippen molar-refractivity contribution < 1.29 is 4.79 Å². The van der Waals surface area contributed by atoms with Crippen LogP contribution in [0.25, 0.3) is 0 Å². The van der Waals surface area contributed by atoms with E-state index in [-0.39, 0.29) is 11.4 Å². The van der Waals surface area contributed by atoms with Crippen molar-refractivity contribution in [3.8, 4) is 0 Å². The third-order valence-electron chi connectivity index (χ3n) is 5.43. The van der Waals surface area contributed by atoms with Crippen LogP contribution in [0.15, 0.2) is 30.3 Å². The molecule has 0 aromatic heterocycles. The van der Waals surface area contributed by atoms with E-state index >= 15 is 0 Å². The van der Waals surface area contributed by atoms with Gasteiger partial charge in [-0.2, -0.15) is 0 Å². The summed E-state index contributed by atoms with van der Waals surface area (Å²) in [5.41, 5.74) is 1.53. The van der Waals surface area contributed by atoms with E-state index in [0.717, 1.165) is 26.2 Å². The van der Waals surface area contributed by atoms with Crippen LogP contribution in [0.2, 0.25) is 0 Å². The van der Waals surface area contributed by atoms with Crippen LogP contribution >= 0.6 is 0 Å². The van der Waals surface area contributed by atoms with Crippen molar-refractivity contribution >= 4 is 6.03 Å². The molecule has 3 rings (SSSR count). The van der Waals surface area contributed by atoms with Gasteiger partial charge in [0.15, 0.2) is 0 Å². The van der Waals surface area contributed by atoms with E-state index in [1.807, 2.05) is 6.07 Å². The van der Waals surface area contributed by atoms with Gasteiger partial charge in [-0.1, -0.05) is 30.3 Å². The summed E-state index contributed by atoms with van der Waals surface area (Å²) < 4.78 is 0. The second-order valence-corrected chi connectivity index (χ2v) is 7.45. The molecule has 4 nitrogen and oxygen atoms in total. The van der Waals surface area contributed by atoms with Crippen molar-refractivity contribution in [2.75, 3.05) is 26.2 Å². The molecule has 0 bridgehead atoms. The Morgan fingerprint density at radius 3 is 2.61 bits per heavy atom. The number of benzene rings is 1. The molecule has 2 amide bonds. The quantitative estimate of drug-likeness (QED) is 0.848. The highest BCUT2D eigenvalue weighted by molar-refractivity contribution is 5.74. The van der Waals surface area contributed by atoms with Crippen LogP contribution < -0.4 is 10.6 Å². The summed E-state index contributed by atoms with van der Waals surface area (Å²) in [4.78, 5) is 14.6. The van der Waals surface area contributed by atoms with Crippen molar-refractivity contribution in [1.82, 2.24) is 15.5 Å². The Morgan fingerprint density at radius 2 is 2.00 bits per heavy atom. The molecule has 1 aromatic rings. The molecule has 23 heavy (non-hydrogen) atoms. The van der Waals surface area contributed by atoms with Crippen LogP contribution in [0.1, 0.15) is 38.7 Å². The zero-order valence-electron chi connectivity index (χ0n) is 14.3. The van der Waals surface area contributed by atoms with Crippen molar-refractivity contribution in [1.29, 1.82) is 0 Å². The van der Waals surface area contributed by atoms with E-state index in [9.17, 15) is 4.79 Å². The molecule has 1 heterocycles. The van der Waals surface area contributed by atoms with Crippen molar-refractivity contribution in [2.24, 2.45) is 5.92 Å². The number of amides is 2. The van der Waals surface area contributed by atoms with Gasteiger partial charge in [0.2, 0.25) is 0 Å². The SMILES string of the molecule is CC(C)N1CC[C@@H](CNC(=O)NCC2(c3ccccc3)CC2)C1. The molecule has 0 radical (unpaired) electrons. The van der Waals surface area contributed by atoms with Gasteiger partial charge in [0.25, 0.3) is 0 Å². The fraction of sp³-hybridized carbons (Fsp3) is 0.632. The molecule has 4 heteroatoms. The fourth-order valence-corrected chi connectivity index (χ4v) is 3.56. The van der Waals surface area contributed by atoms with Crippen LogP contribution in [-0.2, 0) is 5.41 Å². The molecule has 2 N–H and O–H groups in total. The number of nitrogens with zero attached hydrogens (tertiary/aromatic N) is 1. The summed E-state index contributed by atoms with van der Waals surface area (Å²) in [6.07, 6.45) is 3.53. The molecule has 2 aliphatic rings. The molecule has 126 valence electrons. The summed E-state index contributed by atoms with van der Waals surface area (Å²) in [6.45, 7) is 8.26. The monoisotopic (exact) mass is 315 g/mol. The summed E-state index contributed by atoms with van der Waals surface area (Å²) in [5.74, 6) is 0.590. The number of rotatable bonds is 6. The molecule has 1 atom stereocenters. The topological polar surface area (TPSA) is 44.4 Å². The van der Waals surface area contributed by atoms with Gasteiger partial charge in [-0.3, -0.25) is 0 Å². The largest absolute Gasteiger partial charge is 0.338 e. The molecule has 1 aliphatic carbocycles. The molecule has 2 fully saturated rings. The summed E-state index contributed by atoms with van der Waals surface area (Å²) in [5, 5.41) is 6.14. The molecule has 0 unspecified atom stereocenters. The number of nitrogens with one attached hydrogen (secondary N) is 2. The Labute approximate surface area is 139 Å². The van der Waals surface area contributed by atoms with E-state index in [1.54, 1.807) is 0 Å². The lowest BCUT2D eigenvalue weighted by Crippen LogP contribution is -2.42. The molecule has 1 aliphatic heterocycles. The lowest BCUT2D eigenvalue weighted by Gasteiger charge is -2.20. The number of carbonyl (C=O) groups is 1. The third kappa shape index (κ3) is 4.05. The minimum Gasteiger partial charge on any atom is -0.338 e. The predicted octanol–water partition coefficient (Wildman–Crippen LogP) is 2.75. The van der Waals surface area contributed by atoms with Gasteiger partial charge in [0.05, 0.1) is 0 Å². The highest BCUT2D eigenvalue weighted by atomic mass is 16.2. The zero-order valence-corrected chi connectivity index (χ0v) is 14.3. The molecule has 1 saturated heterocycles. The maximum absolute atomic E-state index is 12.1. The number of likely N-dealkylation sites (tertiary alicyclic amines) is 1. The normalized spacial score (nSPS) is 23.0. The molecular weight excluding hydrogens is 286 g/mol. The molecule has 1 aromatic carbocycles. The Bertz CT molecular complexity index is 525. The van der Waals surface area contributed by atoms with Gasteiger partial charge in [-0.15, -0.1) is 0 Å². The summed E-state index contributed by atoms with van der Waals surface area (Å²) in [7, 11) is 0. The van der Waals surface area contributed by atoms with Crippen LogP contribution in [-0.4, -0.2) is 43.2 Å². The van der Waals surface area contributed by atoms with Gasteiger partial charge < -0.3 is 15.5 Å². The predicted molar refractivity (Wildman–Crippen MR) is 93.6 cm³/mol. The van der Waals surface area contributed by atoms with Gasteiger partial charge >= 0.3 is 6.03 Å². The lowest BCUT2D eigenvalue weighted by atomic mass is 9.96. The van der Waals surface area contributed by atoms with Crippen molar-refractivity contribution in [2.45, 2.75) is 44.6 Å². The maximum atomic E-state index is 12.1. The van der Waals surface area contributed by atoms with E-state index in [1.165, 1.54) is 24.8 Å². The second-order valence-electron chi connectivity index (χ2n) is 7.45. The highest BCUT2D eigenvalue weighted by Crippen LogP contribution is 2.47. The van der Waals surface area contributed by atoms with Crippen LogP contribution in [0.3, 0.4) is 0 Å². The van der Waals surface area contributed by atoms with Crippen LogP contribution in [0.4, 0.5) is 4.79 Å². The van der Waals surface area contributed by atoms with Crippen LogP contribution in [0.5, 0.6) is 0 Å². The Kier molecular flexibility index (Phi) is 4.90. The highest BCUT2D eigenvalue weighted by Gasteiger charge is 2.44. The van der Waals surface area contributed by atoms with Gasteiger partial charge in [0.1, 0.15) is 0 Å². The Morgan fingerprint density at radius 1 is 1.26 bits per heavy atom. The third-order valence-corrected chi connectivity index (χ3v) is 5.43. The second kappa shape index (κ2) is 6.91. The van der Waals surface area contributed by atoms with E-state index in [2.05, 4.69) is 53.6 Å².